The minimum absolute atomic E-state index is 0.605. The fourth-order valence-electron chi connectivity index (χ4n) is 1.96. The predicted octanol–water partition coefficient (Wildman–Crippen LogP) is 1.96. The fraction of sp³-hybridized carbons (Fsp3) is 0.700. The van der Waals surface area contributed by atoms with Crippen LogP contribution in [-0.2, 0) is 0 Å². The van der Waals surface area contributed by atoms with Crippen LogP contribution in [0.5, 0.6) is 5.19 Å². The van der Waals surface area contributed by atoms with E-state index in [4.69, 9.17) is 4.74 Å². The van der Waals surface area contributed by atoms with Crippen molar-refractivity contribution in [1.29, 1.82) is 0 Å². The summed E-state index contributed by atoms with van der Waals surface area (Å²) in [6.07, 6.45) is 2.54. The van der Waals surface area contributed by atoms with Crippen molar-refractivity contribution in [3.8, 4) is 5.19 Å². The Labute approximate surface area is 88.7 Å². The van der Waals surface area contributed by atoms with Gasteiger partial charge in [-0.3, -0.25) is 0 Å². The summed E-state index contributed by atoms with van der Waals surface area (Å²) in [5.41, 5.74) is 1.21. The van der Waals surface area contributed by atoms with Gasteiger partial charge in [0.15, 0.2) is 0 Å². The van der Waals surface area contributed by atoms with Gasteiger partial charge in [0.2, 0.25) is 0 Å². The van der Waals surface area contributed by atoms with E-state index >= 15 is 0 Å². The van der Waals surface area contributed by atoms with Gasteiger partial charge < -0.3 is 9.64 Å². The molecule has 0 bridgehead atoms. The molecule has 0 aromatic carbocycles. The Morgan fingerprint density at radius 1 is 1.64 bits per heavy atom. The van der Waals surface area contributed by atoms with Gasteiger partial charge in [0.1, 0.15) is 0 Å². The van der Waals surface area contributed by atoms with E-state index in [0.29, 0.717) is 5.92 Å². The highest BCUT2D eigenvalue weighted by Gasteiger charge is 2.21. The SMILES string of the molecule is COc1nc(C2CCCN(C)C2)cs1. The number of likely N-dealkylation sites (tertiary alicyclic amines) is 1. The second-order valence-electron chi connectivity index (χ2n) is 3.84. The number of ether oxygens (including phenoxy) is 1. The first-order valence-corrected chi connectivity index (χ1v) is 5.85. The Morgan fingerprint density at radius 2 is 2.50 bits per heavy atom. The second kappa shape index (κ2) is 4.28. The summed E-state index contributed by atoms with van der Waals surface area (Å²) in [5.74, 6) is 0.605. The molecule has 1 aliphatic heterocycles. The highest BCUT2D eigenvalue weighted by molar-refractivity contribution is 7.11. The minimum atomic E-state index is 0.605. The lowest BCUT2D eigenvalue weighted by Crippen LogP contribution is -2.30. The molecule has 78 valence electrons. The molecule has 1 saturated heterocycles. The van der Waals surface area contributed by atoms with Crippen LogP contribution < -0.4 is 4.74 Å². The molecule has 2 rings (SSSR count). The van der Waals surface area contributed by atoms with E-state index in [1.54, 1.807) is 18.4 Å². The van der Waals surface area contributed by atoms with Gasteiger partial charge in [0.05, 0.1) is 12.8 Å². The van der Waals surface area contributed by atoms with Crippen LogP contribution in [0.25, 0.3) is 0 Å². The maximum absolute atomic E-state index is 5.11. The number of hydrogen-bond donors (Lipinski definition) is 0. The van der Waals surface area contributed by atoms with E-state index < -0.39 is 0 Å². The number of aromatic nitrogens is 1. The van der Waals surface area contributed by atoms with Crippen LogP contribution in [0.2, 0.25) is 0 Å². The number of thiazole rings is 1. The summed E-state index contributed by atoms with van der Waals surface area (Å²) in [5, 5.41) is 2.91. The molecule has 1 aliphatic rings. The molecule has 0 amide bonds. The number of piperidine rings is 1. The first-order chi connectivity index (χ1) is 6.79. The van der Waals surface area contributed by atoms with Crippen molar-refractivity contribution >= 4 is 11.3 Å². The number of likely N-dealkylation sites (N-methyl/N-ethyl adjacent to an activating group) is 1. The van der Waals surface area contributed by atoms with Gasteiger partial charge in [0.25, 0.3) is 5.19 Å². The highest BCUT2D eigenvalue weighted by atomic mass is 32.1. The lowest BCUT2D eigenvalue weighted by molar-refractivity contribution is 0.248. The molecule has 3 nitrogen and oxygen atoms in total. The van der Waals surface area contributed by atoms with Gasteiger partial charge in [-0.05, 0) is 26.4 Å². The maximum Gasteiger partial charge on any atom is 0.273 e. The predicted molar refractivity (Wildman–Crippen MR) is 58.1 cm³/mol. The monoisotopic (exact) mass is 212 g/mol. The third-order valence-corrected chi connectivity index (χ3v) is 3.54. The van der Waals surface area contributed by atoms with E-state index in [1.165, 1.54) is 25.1 Å². The average molecular weight is 212 g/mol. The van der Waals surface area contributed by atoms with Crippen molar-refractivity contribution in [1.82, 2.24) is 9.88 Å². The summed E-state index contributed by atoms with van der Waals surface area (Å²) >= 11 is 1.59. The smallest absolute Gasteiger partial charge is 0.273 e. The first-order valence-electron chi connectivity index (χ1n) is 4.97. The number of rotatable bonds is 2. The van der Waals surface area contributed by atoms with Crippen LogP contribution in [0.15, 0.2) is 5.38 Å². The third kappa shape index (κ3) is 2.07. The normalized spacial score (nSPS) is 23.7. The molecule has 2 heterocycles. The third-order valence-electron chi connectivity index (χ3n) is 2.72. The summed E-state index contributed by atoms with van der Waals surface area (Å²) in [7, 11) is 3.85. The molecule has 0 saturated carbocycles. The van der Waals surface area contributed by atoms with Crippen LogP contribution in [0.3, 0.4) is 0 Å². The lowest BCUT2D eigenvalue weighted by Gasteiger charge is -2.28. The summed E-state index contributed by atoms with van der Waals surface area (Å²) in [6.45, 7) is 2.35. The zero-order valence-electron chi connectivity index (χ0n) is 8.69. The largest absolute Gasteiger partial charge is 0.473 e. The van der Waals surface area contributed by atoms with E-state index in [9.17, 15) is 0 Å². The molecule has 14 heavy (non-hydrogen) atoms. The molecule has 0 radical (unpaired) electrons. The topological polar surface area (TPSA) is 25.4 Å². The Kier molecular flexibility index (Phi) is 3.03. The minimum Gasteiger partial charge on any atom is -0.473 e. The van der Waals surface area contributed by atoms with Gasteiger partial charge in [-0.1, -0.05) is 11.3 Å². The van der Waals surface area contributed by atoms with Crippen molar-refractivity contribution in [3.05, 3.63) is 11.1 Å². The van der Waals surface area contributed by atoms with Crippen LogP contribution in [-0.4, -0.2) is 37.1 Å². The first kappa shape index (κ1) is 9.93. The number of nitrogens with zero attached hydrogens (tertiary/aromatic N) is 2. The van der Waals surface area contributed by atoms with Crippen molar-refractivity contribution in [3.63, 3.8) is 0 Å². The van der Waals surface area contributed by atoms with E-state index in [1.807, 2.05) is 0 Å². The van der Waals surface area contributed by atoms with Crippen LogP contribution in [0, 0.1) is 0 Å². The number of methoxy groups -OCH3 is 1. The average Bonchev–Trinajstić information content (AvgIpc) is 2.66. The van der Waals surface area contributed by atoms with Gasteiger partial charge >= 0.3 is 0 Å². The quantitative estimate of drug-likeness (QED) is 0.749. The molecule has 1 atom stereocenters. The lowest BCUT2D eigenvalue weighted by atomic mass is 9.96. The van der Waals surface area contributed by atoms with E-state index in [2.05, 4.69) is 22.3 Å². The van der Waals surface area contributed by atoms with Crippen LogP contribution in [0.4, 0.5) is 0 Å². The molecule has 0 aliphatic carbocycles. The Bertz CT molecular complexity index is 300. The zero-order valence-corrected chi connectivity index (χ0v) is 9.51. The number of hydrogen-bond acceptors (Lipinski definition) is 4. The summed E-state index contributed by atoms with van der Waals surface area (Å²) in [6, 6.07) is 0. The van der Waals surface area contributed by atoms with Gasteiger partial charge in [-0.2, -0.15) is 0 Å². The zero-order chi connectivity index (χ0) is 9.97. The molecule has 1 aromatic heterocycles. The molecule has 1 aromatic rings. The Hall–Kier alpha value is -0.610. The summed E-state index contributed by atoms with van der Waals surface area (Å²) in [4.78, 5) is 6.83. The molecule has 1 unspecified atom stereocenters. The van der Waals surface area contributed by atoms with Crippen molar-refractivity contribution in [2.45, 2.75) is 18.8 Å². The maximum atomic E-state index is 5.11. The van der Waals surface area contributed by atoms with Crippen molar-refractivity contribution in [2.24, 2.45) is 0 Å². The van der Waals surface area contributed by atoms with E-state index in [-0.39, 0.29) is 0 Å². The van der Waals surface area contributed by atoms with Gasteiger partial charge in [-0.15, -0.1) is 0 Å². The molecular weight excluding hydrogens is 196 g/mol. The fourth-order valence-corrected chi connectivity index (χ4v) is 2.68. The summed E-state index contributed by atoms with van der Waals surface area (Å²) < 4.78 is 5.11. The standard InChI is InChI=1S/C10H16N2OS/c1-12-5-3-4-8(6-12)9-7-14-10(11-9)13-2/h7-8H,3-6H2,1-2H3. The molecule has 4 heteroatoms. The Balaban J connectivity index is 2.06. The highest BCUT2D eigenvalue weighted by Crippen LogP contribution is 2.29. The molecule has 1 fully saturated rings. The molecule has 0 spiro atoms. The van der Waals surface area contributed by atoms with Gasteiger partial charge in [0, 0.05) is 17.8 Å². The van der Waals surface area contributed by atoms with E-state index in [0.717, 1.165) is 11.7 Å². The van der Waals surface area contributed by atoms with Crippen LogP contribution >= 0.6 is 11.3 Å². The van der Waals surface area contributed by atoms with Gasteiger partial charge in [-0.25, -0.2) is 4.98 Å². The van der Waals surface area contributed by atoms with Crippen molar-refractivity contribution < 1.29 is 4.74 Å². The van der Waals surface area contributed by atoms with Crippen molar-refractivity contribution in [2.75, 3.05) is 27.2 Å². The molecular formula is C10H16N2OS. The molecule has 0 N–H and O–H groups in total. The Morgan fingerprint density at radius 3 is 3.14 bits per heavy atom. The second-order valence-corrected chi connectivity index (χ2v) is 4.66. The van der Waals surface area contributed by atoms with Crippen LogP contribution in [0.1, 0.15) is 24.5 Å².